The predicted octanol–water partition coefficient (Wildman–Crippen LogP) is 4.83. The maximum absolute atomic E-state index is 13.9. The van der Waals surface area contributed by atoms with Crippen molar-refractivity contribution < 1.29 is 23.9 Å². The summed E-state index contributed by atoms with van der Waals surface area (Å²) in [7, 11) is 1.60. The van der Waals surface area contributed by atoms with Crippen LogP contribution in [-0.2, 0) is 14.4 Å². The van der Waals surface area contributed by atoms with Gasteiger partial charge in [0.05, 0.1) is 30.6 Å². The van der Waals surface area contributed by atoms with E-state index in [1.807, 2.05) is 74.5 Å². The summed E-state index contributed by atoms with van der Waals surface area (Å²) in [6.07, 6.45) is 1.99. The van der Waals surface area contributed by atoms with Crippen LogP contribution in [0.4, 0.5) is 5.69 Å². The number of imide groups is 1. The number of hydrogen-bond acceptors (Lipinski definition) is 5. The van der Waals surface area contributed by atoms with Crippen molar-refractivity contribution in [3.8, 4) is 11.5 Å². The third-order valence-corrected chi connectivity index (χ3v) is 7.54. The number of carbonyl (C=O) groups is 3. The summed E-state index contributed by atoms with van der Waals surface area (Å²) in [6, 6.07) is 20.5. The number of allylic oxidation sites excluding steroid dienone is 1. The second kappa shape index (κ2) is 8.19. The van der Waals surface area contributed by atoms with Crippen molar-refractivity contribution in [1.29, 1.82) is 0 Å². The number of benzene rings is 3. The first-order valence-corrected chi connectivity index (χ1v) is 12.0. The van der Waals surface area contributed by atoms with Gasteiger partial charge >= 0.3 is 5.97 Å². The molecule has 0 N–H and O–H groups in total. The van der Waals surface area contributed by atoms with Crippen molar-refractivity contribution in [2.75, 3.05) is 12.0 Å². The van der Waals surface area contributed by atoms with Crippen molar-refractivity contribution in [1.82, 2.24) is 0 Å². The van der Waals surface area contributed by atoms with Gasteiger partial charge in [0.2, 0.25) is 11.8 Å². The highest BCUT2D eigenvalue weighted by Gasteiger charge is 2.60. The monoisotopic (exact) mass is 479 g/mol. The van der Waals surface area contributed by atoms with Gasteiger partial charge in [0.25, 0.3) is 0 Å². The number of esters is 1. The van der Waals surface area contributed by atoms with Gasteiger partial charge in [-0.2, -0.15) is 0 Å². The Hall–Kier alpha value is -4.19. The zero-order chi connectivity index (χ0) is 25.1. The number of amides is 2. The van der Waals surface area contributed by atoms with Crippen LogP contribution >= 0.6 is 0 Å². The van der Waals surface area contributed by atoms with E-state index in [0.717, 1.165) is 27.8 Å². The fourth-order valence-corrected chi connectivity index (χ4v) is 5.77. The molecule has 3 aliphatic rings. The molecule has 36 heavy (non-hydrogen) atoms. The van der Waals surface area contributed by atoms with Crippen LogP contribution in [0.1, 0.15) is 28.2 Å². The van der Waals surface area contributed by atoms with Gasteiger partial charge in [-0.1, -0.05) is 48.0 Å². The van der Waals surface area contributed by atoms with Gasteiger partial charge in [-0.15, -0.1) is 0 Å². The van der Waals surface area contributed by atoms with Crippen LogP contribution in [0.15, 0.2) is 72.8 Å². The summed E-state index contributed by atoms with van der Waals surface area (Å²) < 4.78 is 11.0. The summed E-state index contributed by atoms with van der Waals surface area (Å²) in [5.74, 6) is -2.77. The number of carbonyl (C=O) groups excluding carboxylic acids is 3. The van der Waals surface area contributed by atoms with Crippen molar-refractivity contribution in [2.24, 2.45) is 17.8 Å². The van der Waals surface area contributed by atoms with E-state index in [9.17, 15) is 14.4 Å². The molecular formula is C30H25NO5. The molecule has 3 aromatic rings. The van der Waals surface area contributed by atoms with E-state index in [1.165, 1.54) is 4.90 Å². The fourth-order valence-electron chi connectivity index (χ4n) is 5.77. The van der Waals surface area contributed by atoms with E-state index in [2.05, 4.69) is 0 Å². The molecule has 4 atom stereocenters. The highest BCUT2D eigenvalue weighted by atomic mass is 16.5. The number of ether oxygens (including phenoxy) is 2. The molecule has 3 aromatic carbocycles. The second-order valence-electron chi connectivity index (χ2n) is 9.72. The zero-order valence-electron chi connectivity index (χ0n) is 20.2. The van der Waals surface area contributed by atoms with E-state index < -0.39 is 23.7 Å². The van der Waals surface area contributed by atoms with Crippen LogP contribution in [0.25, 0.3) is 5.57 Å². The Labute approximate surface area is 209 Å². The minimum absolute atomic E-state index is 0.299. The number of anilines is 1. The van der Waals surface area contributed by atoms with Gasteiger partial charge in [0, 0.05) is 11.5 Å². The van der Waals surface area contributed by atoms with Crippen LogP contribution in [-0.4, -0.2) is 24.9 Å². The van der Waals surface area contributed by atoms with Crippen LogP contribution in [0.3, 0.4) is 0 Å². The number of nitrogens with zero attached hydrogens (tertiary/aromatic N) is 1. The highest BCUT2D eigenvalue weighted by molar-refractivity contribution is 6.24. The molecule has 2 amide bonds. The summed E-state index contributed by atoms with van der Waals surface area (Å²) >= 11 is 0. The third kappa shape index (κ3) is 3.28. The second-order valence-corrected chi connectivity index (χ2v) is 9.72. The van der Waals surface area contributed by atoms with Crippen LogP contribution in [0.2, 0.25) is 0 Å². The SMILES string of the molecule is COc1ccc([C@@H]2C=C3c4ccc(C)cc4OC(=O)[C@@H]3[C@@H]3C(=O)N(c4ccc(C)cc4)C(=O)[C@@H]32)cc1. The Morgan fingerprint density at radius 3 is 2.17 bits per heavy atom. The third-order valence-electron chi connectivity index (χ3n) is 7.54. The van der Waals surface area contributed by atoms with Gasteiger partial charge in [0.15, 0.2) is 0 Å². The Kier molecular flexibility index (Phi) is 5.07. The van der Waals surface area contributed by atoms with Crippen molar-refractivity contribution >= 4 is 29.0 Å². The Bertz CT molecular complexity index is 1440. The number of methoxy groups -OCH3 is 1. The lowest BCUT2D eigenvalue weighted by Gasteiger charge is -2.38. The average Bonchev–Trinajstić information content (AvgIpc) is 3.14. The molecule has 6 heteroatoms. The lowest BCUT2D eigenvalue weighted by atomic mass is 9.64. The lowest BCUT2D eigenvalue weighted by Crippen LogP contribution is -2.42. The highest BCUT2D eigenvalue weighted by Crippen LogP contribution is 2.54. The molecule has 0 radical (unpaired) electrons. The first-order chi connectivity index (χ1) is 17.4. The van der Waals surface area contributed by atoms with E-state index in [0.29, 0.717) is 17.2 Å². The number of fused-ring (bicyclic) bond motifs is 5. The van der Waals surface area contributed by atoms with Crippen LogP contribution in [0.5, 0.6) is 11.5 Å². The molecule has 2 aliphatic heterocycles. The van der Waals surface area contributed by atoms with E-state index in [1.54, 1.807) is 19.2 Å². The minimum atomic E-state index is -0.854. The zero-order valence-corrected chi connectivity index (χ0v) is 20.2. The average molecular weight is 480 g/mol. The van der Waals surface area contributed by atoms with Crippen molar-refractivity contribution in [3.05, 3.63) is 95.1 Å². The minimum Gasteiger partial charge on any atom is -0.497 e. The molecule has 180 valence electrons. The predicted molar refractivity (Wildman–Crippen MR) is 135 cm³/mol. The van der Waals surface area contributed by atoms with Gasteiger partial charge in [-0.05, 0) is 60.9 Å². The standard InChI is InChI=1S/C30H25NO5/c1-16-4-9-19(10-5-16)31-28(32)25-22(18-7-11-20(35-3)12-8-18)15-23-21-13-6-17(2)14-24(21)36-30(34)26(23)27(25)29(31)33/h4-15,22,25-27H,1-3H3/t22-,25+,26-,27+/m0/s1. The van der Waals surface area contributed by atoms with Crippen molar-refractivity contribution in [3.63, 3.8) is 0 Å². The first kappa shape index (κ1) is 22.3. The maximum Gasteiger partial charge on any atom is 0.319 e. The summed E-state index contributed by atoms with van der Waals surface area (Å²) in [5.41, 5.74) is 4.93. The summed E-state index contributed by atoms with van der Waals surface area (Å²) in [4.78, 5) is 42.4. The topological polar surface area (TPSA) is 72.9 Å². The summed E-state index contributed by atoms with van der Waals surface area (Å²) in [6.45, 7) is 3.88. The summed E-state index contributed by atoms with van der Waals surface area (Å²) in [5, 5.41) is 0. The molecule has 0 unspecified atom stereocenters. The largest absolute Gasteiger partial charge is 0.497 e. The molecule has 1 saturated heterocycles. The molecular weight excluding hydrogens is 454 g/mol. The smallest absolute Gasteiger partial charge is 0.319 e. The van der Waals surface area contributed by atoms with Gasteiger partial charge in [0.1, 0.15) is 11.5 Å². The lowest BCUT2D eigenvalue weighted by molar-refractivity contribution is -0.142. The fraction of sp³-hybridized carbons (Fsp3) is 0.233. The van der Waals surface area contributed by atoms with E-state index in [4.69, 9.17) is 9.47 Å². The maximum atomic E-state index is 13.9. The quantitative estimate of drug-likeness (QED) is 0.306. The molecule has 0 spiro atoms. The van der Waals surface area contributed by atoms with Gasteiger partial charge in [-0.25, -0.2) is 4.90 Å². The van der Waals surface area contributed by atoms with Crippen LogP contribution in [0, 0.1) is 31.6 Å². The van der Waals surface area contributed by atoms with Crippen LogP contribution < -0.4 is 14.4 Å². The van der Waals surface area contributed by atoms with Crippen molar-refractivity contribution in [2.45, 2.75) is 19.8 Å². The molecule has 0 bridgehead atoms. The first-order valence-electron chi connectivity index (χ1n) is 12.0. The Morgan fingerprint density at radius 1 is 0.806 bits per heavy atom. The molecule has 1 fully saturated rings. The van der Waals surface area contributed by atoms with Gasteiger partial charge in [-0.3, -0.25) is 14.4 Å². The molecule has 0 aromatic heterocycles. The van der Waals surface area contributed by atoms with E-state index >= 15 is 0 Å². The molecule has 1 aliphatic carbocycles. The van der Waals surface area contributed by atoms with E-state index in [-0.39, 0.29) is 17.7 Å². The number of hydrogen-bond donors (Lipinski definition) is 0. The Balaban J connectivity index is 1.54. The molecule has 2 heterocycles. The molecule has 0 saturated carbocycles. The molecule has 6 rings (SSSR count). The number of rotatable bonds is 3. The normalized spacial score (nSPS) is 24.5. The number of aryl methyl sites for hydroxylation is 2. The Morgan fingerprint density at radius 2 is 1.47 bits per heavy atom. The molecule has 6 nitrogen and oxygen atoms in total. The van der Waals surface area contributed by atoms with Gasteiger partial charge < -0.3 is 9.47 Å².